The van der Waals surface area contributed by atoms with Crippen molar-refractivity contribution in [1.29, 1.82) is 0 Å². The van der Waals surface area contributed by atoms with E-state index in [0.717, 1.165) is 0 Å². The summed E-state index contributed by atoms with van der Waals surface area (Å²) in [5.41, 5.74) is 0.597. The maximum absolute atomic E-state index is 11.0. The van der Waals surface area contributed by atoms with Gasteiger partial charge in [-0.15, -0.1) is 0 Å². The van der Waals surface area contributed by atoms with E-state index >= 15 is 0 Å². The third-order valence-corrected chi connectivity index (χ3v) is 1.36. The van der Waals surface area contributed by atoms with Gasteiger partial charge >= 0.3 is 0 Å². The largest absolute Gasteiger partial charge is 0.303 e. The predicted octanol–water partition coefficient (Wildman–Crippen LogP) is 1.08. The van der Waals surface area contributed by atoms with E-state index in [1.807, 2.05) is 6.07 Å². The van der Waals surface area contributed by atoms with Crippen molar-refractivity contribution in [1.82, 2.24) is 0 Å². The maximum Gasteiger partial charge on any atom is 0.169 e. The summed E-state index contributed by atoms with van der Waals surface area (Å²) in [6.07, 6.45) is 0.597. The van der Waals surface area contributed by atoms with E-state index in [4.69, 9.17) is 0 Å². The third kappa shape index (κ3) is 3.30. The molecule has 1 radical (unpaired) electrons. The number of rotatable bonds is 3. The summed E-state index contributed by atoms with van der Waals surface area (Å²) in [6.45, 7) is 0. The first kappa shape index (κ1) is 11.6. The number of aldehydes is 1. The van der Waals surface area contributed by atoms with Gasteiger partial charge in [-0.3, -0.25) is 4.79 Å². The molecule has 0 bridgehead atoms. The van der Waals surface area contributed by atoms with Crippen molar-refractivity contribution in [3.63, 3.8) is 0 Å². The van der Waals surface area contributed by atoms with Gasteiger partial charge < -0.3 is 4.79 Å². The number of hydrogen-bond donors (Lipinski definition) is 0. The Bertz CT molecular complexity index is 256. The summed E-state index contributed by atoms with van der Waals surface area (Å²) in [6, 6.07) is 8.78. The standard InChI is InChI=1S/C9H8O2.Na/c10-7-6-9(11)8-4-2-1-3-5-8;/h1-5,7H,6H2;. The van der Waals surface area contributed by atoms with Crippen LogP contribution in [-0.4, -0.2) is 41.6 Å². The third-order valence-electron chi connectivity index (χ3n) is 1.36. The predicted molar refractivity (Wildman–Crippen MR) is 47.2 cm³/mol. The van der Waals surface area contributed by atoms with E-state index in [2.05, 4.69) is 0 Å². The fourth-order valence-electron chi connectivity index (χ4n) is 0.818. The molecule has 0 saturated carbocycles. The summed E-state index contributed by atoms with van der Waals surface area (Å²) < 4.78 is 0. The maximum atomic E-state index is 11.0. The second-order valence-corrected chi connectivity index (χ2v) is 2.16. The first-order valence-electron chi connectivity index (χ1n) is 3.36. The minimum absolute atomic E-state index is 0. The van der Waals surface area contributed by atoms with Gasteiger partial charge in [-0.1, -0.05) is 30.3 Å². The van der Waals surface area contributed by atoms with Gasteiger partial charge in [0.15, 0.2) is 5.78 Å². The molecule has 2 nitrogen and oxygen atoms in total. The zero-order valence-corrected chi connectivity index (χ0v) is 8.99. The van der Waals surface area contributed by atoms with Gasteiger partial charge in [0.05, 0.1) is 6.42 Å². The monoisotopic (exact) mass is 171 g/mol. The molecule has 57 valence electrons. The molecule has 0 aliphatic carbocycles. The molecule has 0 aromatic heterocycles. The minimum atomic E-state index is -0.124. The van der Waals surface area contributed by atoms with Crippen LogP contribution in [0, 0.1) is 0 Å². The molecule has 0 unspecified atom stereocenters. The van der Waals surface area contributed by atoms with Crippen LogP contribution >= 0.6 is 0 Å². The van der Waals surface area contributed by atoms with Crippen LogP contribution < -0.4 is 0 Å². The molecule has 0 aliphatic heterocycles. The van der Waals surface area contributed by atoms with Crippen LogP contribution in [0.4, 0.5) is 0 Å². The molecule has 0 N–H and O–H groups in total. The molecule has 0 saturated heterocycles. The van der Waals surface area contributed by atoms with Crippen LogP contribution in [0.5, 0.6) is 0 Å². The van der Waals surface area contributed by atoms with Gasteiger partial charge in [0.2, 0.25) is 0 Å². The number of hydrogen-bond acceptors (Lipinski definition) is 2. The van der Waals surface area contributed by atoms with Crippen LogP contribution in [0.1, 0.15) is 16.8 Å². The van der Waals surface area contributed by atoms with Crippen LogP contribution in [0.3, 0.4) is 0 Å². The van der Waals surface area contributed by atoms with Gasteiger partial charge in [-0.2, -0.15) is 0 Å². The number of Topliss-reactive ketones (excluding diaryl/α,β-unsaturated/α-hetero) is 1. The topological polar surface area (TPSA) is 34.1 Å². The first-order valence-corrected chi connectivity index (χ1v) is 3.36. The Hall–Kier alpha value is -0.440. The van der Waals surface area contributed by atoms with Gasteiger partial charge in [0, 0.05) is 35.1 Å². The Morgan fingerprint density at radius 1 is 1.25 bits per heavy atom. The van der Waals surface area contributed by atoms with Crippen molar-refractivity contribution in [2.24, 2.45) is 0 Å². The number of carbonyl (C=O) groups excluding carboxylic acids is 2. The SMILES string of the molecule is O=CCC(=O)c1ccccc1.[Na]. The van der Waals surface area contributed by atoms with E-state index in [-0.39, 0.29) is 41.8 Å². The van der Waals surface area contributed by atoms with E-state index in [9.17, 15) is 9.59 Å². The molecule has 0 spiro atoms. The van der Waals surface area contributed by atoms with Crippen LogP contribution in [-0.2, 0) is 4.79 Å². The first-order chi connectivity index (χ1) is 5.34. The van der Waals surface area contributed by atoms with Crippen LogP contribution in [0.2, 0.25) is 0 Å². The molecule has 1 aromatic rings. The zero-order valence-electron chi connectivity index (χ0n) is 6.99. The van der Waals surface area contributed by atoms with E-state index < -0.39 is 0 Å². The summed E-state index contributed by atoms with van der Waals surface area (Å²) in [5.74, 6) is -0.124. The molecular formula is C9H8NaO2. The van der Waals surface area contributed by atoms with Crippen molar-refractivity contribution in [2.45, 2.75) is 6.42 Å². The van der Waals surface area contributed by atoms with Gasteiger partial charge in [-0.05, 0) is 0 Å². The Balaban J connectivity index is 0.00000121. The molecule has 12 heavy (non-hydrogen) atoms. The second kappa shape index (κ2) is 6.12. The van der Waals surface area contributed by atoms with Crippen LogP contribution in [0.25, 0.3) is 0 Å². The normalized spacial score (nSPS) is 8.33. The molecular weight excluding hydrogens is 163 g/mol. The van der Waals surface area contributed by atoms with Crippen molar-refractivity contribution < 1.29 is 9.59 Å². The van der Waals surface area contributed by atoms with Crippen LogP contribution in [0.15, 0.2) is 30.3 Å². The van der Waals surface area contributed by atoms with Crippen molar-refractivity contribution in [3.05, 3.63) is 35.9 Å². The molecule has 1 aromatic carbocycles. The zero-order chi connectivity index (χ0) is 8.10. The van der Waals surface area contributed by atoms with E-state index in [0.29, 0.717) is 11.8 Å². The number of ketones is 1. The average Bonchev–Trinajstić information content (AvgIpc) is 2.07. The minimum Gasteiger partial charge on any atom is -0.303 e. The van der Waals surface area contributed by atoms with Crippen molar-refractivity contribution in [2.75, 3.05) is 0 Å². The Labute approximate surface area is 93.3 Å². The second-order valence-electron chi connectivity index (χ2n) is 2.16. The summed E-state index contributed by atoms with van der Waals surface area (Å²) in [5, 5.41) is 0. The fraction of sp³-hybridized carbons (Fsp3) is 0.111. The average molecular weight is 171 g/mol. The molecule has 0 atom stereocenters. The molecule has 0 heterocycles. The molecule has 1 rings (SSSR count). The Kier molecular flexibility index (Phi) is 5.89. The number of benzene rings is 1. The molecule has 0 amide bonds. The van der Waals surface area contributed by atoms with Crippen molar-refractivity contribution >= 4 is 41.6 Å². The van der Waals surface area contributed by atoms with Gasteiger partial charge in [0.1, 0.15) is 6.29 Å². The quantitative estimate of drug-likeness (QED) is 0.295. The summed E-state index contributed by atoms with van der Waals surface area (Å²) >= 11 is 0. The molecule has 3 heteroatoms. The van der Waals surface area contributed by atoms with Gasteiger partial charge in [-0.25, -0.2) is 0 Å². The summed E-state index contributed by atoms with van der Waals surface area (Å²) in [4.78, 5) is 21.0. The van der Waals surface area contributed by atoms with E-state index in [1.54, 1.807) is 24.3 Å². The van der Waals surface area contributed by atoms with Crippen molar-refractivity contribution in [3.8, 4) is 0 Å². The summed E-state index contributed by atoms with van der Waals surface area (Å²) in [7, 11) is 0. The fourth-order valence-corrected chi connectivity index (χ4v) is 0.818. The van der Waals surface area contributed by atoms with Gasteiger partial charge in [0.25, 0.3) is 0 Å². The number of carbonyl (C=O) groups is 2. The smallest absolute Gasteiger partial charge is 0.169 e. The molecule has 0 fully saturated rings. The molecule has 0 aliphatic rings. The van der Waals surface area contributed by atoms with E-state index in [1.165, 1.54) is 0 Å². The Morgan fingerprint density at radius 2 is 1.83 bits per heavy atom. The Morgan fingerprint density at radius 3 is 2.33 bits per heavy atom.